The lowest BCUT2D eigenvalue weighted by molar-refractivity contribution is -0.139. The second-order valence-electron chi connectivity index (χ2n) is 8.76. The maximum atomic E-state index is 13.0. The second-order valence-corrected chi connectivity index (χ2v) is 9.79. The molecule has 0 saturated heterocycles. The fraction of sp³-hybridized carbons (Fsp3) is 0.241. The predicted octanol–water partition coefficient (Wildman–Crippen LogP) is 7.53. The first-order chi connectivity index (χ1) is 18.1. The van der Waals surface area contributed by atoms with Crippen molar-refractivity contribution < 1.29 is 32.5 Å². The third-order valence-corrected chi connectivity index (χ3v) is 7.17. The lowest BCUT2D eigenvalue weighted by atomic mass is 10.1. The Morgan fingerprint density at radius 2 is 1.74 bits per heavy atom. The molecule has 198 valence electrons. The zero-order chi connectivity index (χ0) is 27.3. The van der Waals surface area contributed by atoms with Gasteiger partial charge in [0.15, 0.2) is 6.61 Å². The van der Waals surface area contributed by atoms with Crippen molar-refractivity contribution in [3.63, 3.8) is 0 Å². The van der Waals surface area contributed by atoms with E-state index in [1.807, 2.05) is 37.3 Å². The number of benzene rings is 3. The zero-order valence-electron chi connectivity index (χ0n) is 20.8. The normalized spacial score (nSPS) is 12.2. The first kappa shape index (κ1) is 27.2. The summed E-state index contributed by atoms with van der Waals surface area (Å²) in [4.78, 5) is 16.5. The number of rotatable bonds is 10. The molecule has 4 aromatic rings. The van der Waals surface area contributed by atoms with Crippen molar-refractivity contribution >= 4 is 17.3 Å². The van der Waals surface area contributed by atoms with Crippen LogP contribution < -0.4 is 9.47 Å². The van der Waals surface area contributed by atoms with Gasteiger partial charge in [0.2, 0.25) is 0 Å². The number of aliphatic carboxylic acids is 1. The summed E-state index contributed by atoms with van der Waals surface area (Å²) in [7, 11) is 0. The summed E-state index contributed by atoms with van der Waals surface area (Å²) in [5.41, 5.74) is 2.63. The minimum Gasteiger partial charge on any atom is -0.485 e. The maximum Gasteiger partial charge on any atom is 0.416 e. The molecular weight excluding hydrogens is 515 g/mol. The SMILES string of the molecule is Cc1cc(OC(C)c2sc(-c3ccc(C(F)(F)F)cc3)nc2CCc2ccccc2)ccc1OCC(=O)O. The highest BCUT2D eigenvalue weighted by molar-refractivity contribution is 7.15. The molecule has 1 N–H and O–H groups in total. The Morgan fingerprint density at radius 1 is 1.03 bits per heavy atom. The molecule has 5 nitrogen and oxygen atoms in total. The molecule has 0 spiro atoms. The van der Waals surface area contributed by atoms with E-state index in [1.165, 1.54) is 23.5 Å². The van der Waals surface area contributed by atoms with E-state index in [0.29, 0.717) is 28.5 Å². The van der Waals surface area contributed by atoms with Gasteiger partial charge < -0.3 is 14.6 Å². The predicted molar refractivity (Wildman–Crippen MR) is 140 cm³/mol. The number of halogens is 3. The van der Waals surface area contributed by atoms with Gasteiger partial charge in [0.05, 0.1) is 16.1 Å². The van der Waals surface area contributed by atoms with Crippen molar-refractivity contribution in [2.75, 3.05) is 6.61 Å². The first-order valence-electron chi connectivity index (χ1n) is 11.9. The molecule has 0 radical (unpaired) electrons. The lowest BCUT2D eigenvalue weighted by Gasteiger charge is -2.16. The van der Waals surface area contributed by atoms with Gasteiger partial charge >= 0.3 is 12.1 Å². The first-order valence-corrected chi connectivity index (χ1v) is 12.7. The van der Waals surface area contributed by atoms with Crippen molar-refractivity contribution in [1.29, 1.82) is 0 Å². The Labute approximate surface area is 222 Å². The number of nitrogens with zero attached hydrogens (tertiary/aromatic N) is 1. The molecule has 0 saturated carbocycles. The molecule has 0 aliphatic heterocycles. The van der Waals surface area contributed by atoms with Gasteiger partial charge in [-0.25, -0.2) is 9.78 Å². The molecule has 1 unspecified atom stereocenters. The van der Waals surface area contributed by atoms with Gasteiger partial charge in [-0.3, -0.25) is 0 Å². The average Bonchev–Trinajstić information content (AvgIpc) is 3.31. The van der Waals surface area contributed by atoms with Crippen molar-refractivity contribution in [3.8, 4) is 22.1 Å². The van der Waals surface area contributed by atoms with Crippen molar-refractivity contribution in [1.82, 2.24) is 4.98 Å². The molecule has 1 aromatic heterocycles. The van der Waals surface area contributed by atoms with E-state index < -0.39 is 24.3 Å². The largest absolute Gasteiger partial charge is 0.485 e. The van der Waals surface area contributed by atoms with Gasteiger partial charge in [-0.2, -0.15) is 13.2 Å². The van der Waals surface area contributed by atoms with Crippen LogP contribution in [0.25, 0.3) is 10.6 Å². The molecule has 0 amide bonds. The van der Waals surface area contributed by atoms with Crippen molar-refractivity contribution in [2.45, 2.75) is 39.0 Å². The number of aromatic nitrogens is 1. The number of hydrogen-bond donors (Lipinski definition) is 1. The Bertz CT molecular complexity index is 1390. The summed E-state index contributed by atoms with van der Waals surface area (Å²) in [6.45, 7) is 3.27. The van der Waals surface area contributed by atoms with Crippen molar-refractivity contribution in [2.24, 2.45) is 0 Å². The molecule has 9 heteroatoms. The maximum absolute atomic E-state index is 13.0. The van der Waals surface area contributed by atoms with Crippen LogP contribution in [0.5, 0.6) is 11.5 Å². The van der Waals surface area contributed by atoms with Crippen LogP contribution in [0.3, 0.4) is 0 Å². The standard InChI is InChI=1S/C29H26F3NO4S/c1-18-16-23(13-15-25(18)36-17-26(34)35)37-19(2)27-24(14-8-20-6-4-3-5-7-20)33-28(38-27)21-9-11-22(12-10-21)29(30,31)32/h3-7,9-13,15-16,19H,8,14,17H2,1-2H3,(H,34,35). The Hall–Kier alpha value is -3.85. The average molecular weight is 542 g/mol. The van der Waals surface area contributed by atoms with E-state index >= 15 is 0 Å². The monoisotopic (exact) mass is 541 g/mol. The summed E-state index contributed by atoms with van der Waals surface area (Å²) in [5, 5.41) is 9.46. The van der Waals surface area contributed by atoms with Gasteiger partial charge in [-0.15, -0.1) is 11.3 Å². The molecule has 1 heterocycles. The van der Waals surface area contributed by atoms with Gasteiger partial charge in [-0.05, 0) is 68.1 Å². The fourth-order valence-corrected chi connectivity index (χ4v) is 5.04. The van der Waals surface area contributed by atoms with Crippen LogP contribution in [0.4, 0.5) is 13.2 Å². The van der Waals surface area contributed by atoms with Crippen LogP contribution in [-0.2, 0) is 23.8 Å². The van der Waals surface area contributed by atoms with Gasteiger partial charge in [0.1, 0.15) is 22.6 Å². The lowest BCUT2D eigenvalue weighted by Crippen LogP contribution is -2.10. The Kier molecular flexibility index (Phi) is 8.36. The number of alkyl halides is 3. The van der Waals surface area contributed by atoms with Crippen molar-refractivity contribution in [3.05, 3.63) is 100 Å². The zero-order valence-corrected chi connectivity index (χ0v) is 21.6. The molecule has 0 fully saturated rings. The molecule has 3 aromatic carbocycles. The van der Waals surface area contributed by atoms with E-state index in [1.54, 1.807) is 25.1 Å². The summed E-state index contributed by atoms with van der Waals surface area (Å²) in [5.74, 6) is -0.0232. The quantitative estimate of drug-likeness (QED) is 0.225. The number of carbonyl (C=O) groups is 1. The number of hydrogen-bond acceptors (Lipinski definition) is 5. The summed E-state index contributed by atoms with van der Waals surface area (Å²) in [6, 6.07) is 20.1. The molecule has 0 aliphatic rings. The molecule has 0 aliphatic carbocycles. The highest BCUT2D eigenvalue weighted by Crippen LogP contribution is 2.37. The second kappa shape index (κ2) is 11.7. The number of carboxylic acids is 1. The van der Waals surface area contributed by atoms with Crippen LogP contribution in [0.2, 0.25) is 0 Å². The Balaban J connectivity index is 1.58. The number of thiazole rings is 1. The van der Waals surface area contributed by atoms with Crippen LogP contribution in [0.1, 0.15) is 40.3 Å². The third kappa shape index (κ3) is 6.92. The number of ether oxygens (including phenoxy) is 2. The molecule has 38 heavy (non-hydrogen) atoms. The van der Waals surface area contributed by atoms with Crippen LogP contribution >= 0.6 is 11.3 Å². The minimum atomic E-state index is -4.40. The van der Waals surface area contributed by atoms with Crippen LogP contribution in [0.15, 0.2) is 72.8 Å². The van der Waals surface area contributed by atoms with E-state index in [4.69, 9.17) is 19.6 Å². The minimum absolute atomic E-state index is 0.383. The van der Waals surface area contributed by atoms with Gasteiger partial charge in [0.25, 0.3) is 0 Å². The number of aryl methyl sites for hydroxylation is 3. The topological polar surface area (TPSA) is 68.7 Å². The van der Waals surface area contributed by atoms with E-state index in [0.717, 1.165) is 40.3 Å². The van der Waals surface area contributed by atoms with Gasteiger partial charge in [0, 0.05) is 5.56 Å². The van der Waals surface area contributed by atoms with Crippen LogP contribution in [-0.4, -0.2) is 22.7 Å². The fourth-order valence-electron chi connectivity index (χ4n) is 3.95. The summed E-state index contributed by atoms with van der Waals surface area (Å²) >= 11 is 1.40. The van der Waals surface area contributed by atoms with E-state index in [-0.39, 0.29) is 6.10 Å². The summed E-state index contributed by atoms with van der Waals surface area (Å²) < 4.78 is 50.6. The Morgan fingerprint density at radius 3 is 2.37 bits per heavy atom. The molecular formula is C29H26F3NO4S. The molecule has 4 rings (SSSR count). The highest BCUT2D eigenvalue weighted by Gasteiger charge is 2.30. The highest BCUT2D eigenvalue weighted by atomic mass is 32.1. The smallest absolute Gasteiger partial charge is 0.416 e. The van der Waals surface area contributed by atoms with E-state index in [9.17, 15) is 18.0 Å². The van der Waals surface area contributed by atoms with E-state index in [2.05, 4.69) is 0 Å². The number of carboxylic acid groups (broad SMARTS) is 1. The molecule has 1 atom stereocenters. The summed E-state index contributed by atoms with van der Waals surface area (Å²) in [6.07, 6.45) is -3.38. The van der Waals surface area contributed by atoms with Crippen LogP contribution in [0, 0.1) is 6.92 Å². The third-order valence-electron chi connectivity index (χ3n) is 5.86. The van der Waals surface area contributed by atoms with Gasteiger partial charge in [-0.1, -0.05) is 42.5 Å². The molecule has 0 bridgehead atoms.